The third-order valence-corrected chi connectivity index (χ3v) is 5.36. The molecule has 2 atom stereocenters. The lowest BCUT2D eigenvalue weighted by atomic mass is 9.86. The van der Waals surface area contributed by atoms with E-state index in [0.717, 1.165) is 50.2 Å². The molecule has 1 aliphatic heterocycles. The molecule has 0 bridgehead atoms. The molecule has 1 aromatic carbocycles. The fourth-order valence-corrected chi connectivity index (χ4v) is 4.05. The van der Waals surface area contributed by atoms with Crippen LogP contribution >= 0.6 is 0 Å². The van der Waals surface area contributed by atoms with E-state index in [1.165, 1.54) is 25.7 Å². The summed E-state index contributed by atoms with van der Waals surface area (Å²) in [6.45, 7) is 7.58. The minimum absolute atomic E-state index is 0.192. The van der Waals surface area contributed by atoms with E-state index >= 15 is 0 Å². The molecule has 126 valence electrons. The summed E-state index contributed by atoms with van der Waals surface area (Å²) in [7, 11) is 0. The van der Waals surface area contributed by atoms with E-state index in [1.54, 1.807) is 18.2 Å². The van der Waals surface area contributed by atoms with Gasteiger partial charge in [-0.15, -0.1) is 0 Å². The summed E-state index contributed by atoms with van der Waals surface area (Å²) < 4.78 is 0. The zero-order chi connectivity index (χ0) is 16.2. The SMILES string of the molecule is C[C@H]1CCC[C@H](N2CCN(Cc3cccc([N+](=O)[O-])c3)CC2)C1. The van der Waals surface area contributed by atoms with E-state index < -0.39 is 0 Å². The Morgan fingerprint density at radius 2 is 2.00 bits per heavy atom. The van der Waals surface area contributed by atoms with Crippen LogP contribution in [0.3, 0.4) is 0 Å². The third kappa shape index (κ3) is 4.30. The zero-order valence-electron chi connectivity index (χ0n) is 14.0. The van der Waals surface area contributed by atoms with Crippen molar-refractivity contribution in [1.82, 2.24) is 9.80 Å². The van der Waals surface area contributed by atoms with Crippen LogP contribution in [0, 0.1) is 16.0 Å². The summed E-state index contributed by atoms with van der Waals surface area (Å²) in [5.41, 5.74) is 1.23. The molecule has 1 aliphatic carbocycles. The number of hydrogen-bond donors (Lipinski definition) is 0. The van der Waals surface area contributed by atoms with Crippen molar-refractivity contribution in [3.05, 3.63) is 39.9 Å². The second kappa shape index (κ2) is 7.41. The zero-order valence-corrected chi connectivity index (χ0v) is 14.0. The lowest BCUT2D eigenvalue weighted by Gasteiger charge is -2.42. The molecule has 1 saturated carbocycles. The molecule has 0 aromatic heterocycles. The first kappa shape index (κ1) is 16.4. The summed E-state index contributed by atoms with van der Waals surface area (Å²) in [5.74, 6) is 0.872. The van der Waals surface area contributed by atoms with Crippen molar-refractivity contribution in [3.63, 3.8) is 0 Å². The van der Waals surface area contributed by atoms with Crippen LogP contribution in [0.1, 0.15) is 38.2 Å². The number of nitro benzene ring substituents is 1. The van der Waals surface area contributed by atoms with Gasteiger partial charge in [-0.3, -0.25) is 19.9 Å². The highest BCUT2D eigenvalue weighted by Crippen LogP contribution is 2.28. The van der Waals surface area contributed by atoms with Crippen LogP contribution in [0.5, 0.6) is 0 Å². The summed E-state index contributed by atoms with van der Waals surface area (Å²) in [6, 6.07) is 7.81. The van der Waals surface area contributed by atoms with E-state index in [-0.39, 0.29) is 10.6 Å². The van der Waals surface area contributed by atoms with Crippen molar-refractivity contribution in [2.45, 2.75) is 45.2 Å². The molecule has 23 heavy (non-hydrogen) atoms. The van der Waals surface area contributed by atoms with Gasteiger partial charge in [-0.2, -0.15) is 0 Å². The molecule has 1 heterocycles. The summed E-state index contributed by atoms with van der Waals surface area (Å²) >= 11 is 0. The topological polar surface area (TPSA) is 49.6 Å². The van der Waals surface area contributed by atoms with Crippen molar-refractivity contribution in [2.24, 2.45) is 5.92 Å². The van der Waals surface area contributed by atoms with Crippen molar-refractivity contribution in [2.75, 3.05) is 26.2 Å². The number of benzene rings is 1. The molecule has 2 fully saturated rings. The Hall–Kier alpha value is -1.46. The number of nitrogens with zero attached hydrogens (tertiary/aromatic N) is 3. The number of hydrogen-bond acceptors (Lipinski definition) is 4. The van der Waals surface area contributed by atoms with Gasteiger partial charge in [-0.1, -0.05) is 31.9 Å². The van der Waals surface area contributed by atoms with Crippen LogP contribution in [-0.4, -0.2) is 46.9 Å². The highest BCUT2D eigenvalue weighted by atomic mass is 16.6. The summed E-state index contributed by atoms with van der Waals surface area (Å²) in [5, 5.41) is 10.9. The van der Waals surface area contributed by atoms with Gasteiger partial charge >= 0.3 is 0 Å². The van der Waals surface area contributed by atoms with E-state index in [9.17, 15) is 10.1 Å². The van der Waals surface area contributed by atoms with Gasteiger partial charge in [-0.25, -0.2) is 0 Å². The molecular formula is C18H27N3O2. The molecule has 3 rings (SSSR count). The van der Waals surface area contributed by atoms with Gasteiger partial charge < -0.3 is 0 Å². The molecule has 0 radical (unpaired) electrons. The molecule has 5 nitrogen and oxygen atoms in total. The summed E-state index contributed by atoms with van der Waals surface area (Å²) in [6.07, 6.45) is 5.48. The fourth-order valence-electron chi connectivity index (χ4n) is 4.05. The lowest BCUT2D eigenvalue weighted by molar-refractivity contribution is -0.384. The predicted molar refractivity (Wildman–Crippen MR) is 91.4 cm³/mol. The van der Waals surface area contributed by atoms with Crippen molar-refractivity contribution in [3.8, 4) is 0 Å². The van der Waals surface area contributed by atoms with Crippen LogP contribution in [0.4, 0.5) is 5.69 Å². The van der Waals surface area contributed by atoms with E-state index in [4.69, 9.17) is 0 Å². The van der Waals surface area contributed by atoms with Crippen molar-refractivity contribution >= 4 is 5.69 Å². The van der Waals surface area contributed by atoms with Gasteiger partial charge in [0.1, 0.15) is 0 Å². The van der Waals surface area contributed by atoms with Crippen LogP contribution in [-0.2, 0) is 6.54 Å². The van der Waals surface area contributed by atoms with E-state index in [1.807, 2.05) is 6.07 Å². The molecule has 0 spiro atoms. The Morgan fingerprint density at radius 1 is 1.22 bits per heavy atom. The molecule has 2 aliphatic rings. The standard InChI is InChI=1S/C18H27N3O2/c1-15-4-2-6-17(12-15)20-10-8-19(9-11-20)14-16-5-3-7-18(13-16)21(22)23/h3,5,7,13,15,17H,2,4,6,8-12,14H2,1H3/t15-,17-/m0/s1. The molecule has 0 N–H and O–H groups in total. The molecule has 1 aromatic rings. The van der Waals surface area contributed by atoms with Gasteiger partial charge in [0, 0.05) is 50.9 Å². The van der Waals surface area contributed by atoms with Gasteiger partial charge in [0.25, 0.3) is 5.69 Å². The van der Waals surface area contributed by atoms with Gasteiger partial charge in [0.05, 0.1) is 4.92 Å². The first-order valence-corrected chi connectivity index (χ1v) is 8.81. The van der Waals surface area contributed by atoms with Crippen LogP contribution in [0.15, 0.2) is 24.3 Å². The predicted octanol–water partition coefficient (Wildman–Crippen LogP) is 3.29. The summed E-state index contributed by atoms with van der Waals surface area (Å²) in [4.78, 5) is 15.6. The second-order valence-corrected chi connectivity index (χ2v) is 7.16. The van der Waals surface area contributed by atoms with E-state index in [2.05, 4.69) is 16.7 Å². The van der Waals surface area contributed by atoms with Crippen LogP contribution < -0.4 is 0 Å². The molecule has 5 heteroatoms. The van der Waals surface area contributed by atoms with Crippen LogP contribution in [0.25, 0.3) is 0 Å². The van der Waals surface area contributed by atoms with E-state index in [0.29, 0.717) is 0 Å². The van der Waals surface area contributed by atoms with Crippen molar-refractivity contribution in [1.29, 1.82) is 0 Å². The van der Waals surface area contributed by atoms with Gasteiger partial charge in [0.2, 0.25) is 0 Å². The quantitative estimate of drug-likeness (QED) is 0.631. The molecule has 0 unspecified atom stereocenters. The fraction of sp³-hybridized carbons (Fsp3) is 0.667. The highest BCUT2D eigenvalue weighted by Gasteiger charge is 2.27. The second-order valence-electron chi connectivity index (χ2n) is 7.16. The molecular weight excluding hydrogens is 290 g/mol. The number of nitro groups is 1. The first-order chi connectivity index (χ1) is 11.1. The monoisotopic (exact) mass is 317 g/mol. The molecule has 0 amide bonds. The third-order valence-electron chi connectivity index (χ3n) is 5.36. The Bertz CT molecular complexity index is 541. The molecule has 1 saturated heterocycles. The Labute approximate surface area is 138 Å². The minimum Gasteiger partial charge on any atom is -0.298 e. The first-order valence-electron chi connectivity index (χ1n) is 8.81. The van der Waals surface area contributed by atoms with Crippen molar-refractivity contribution < 1.29 is 4.92 Å². The smallest absolute Gasteiger partial charge is 0.269 e. The largest absolute Gasteiger partial charge is 0.298 e. The van der Waals surface area contributed by atoms with Crippen LogP contribution in [0.2, 0.25) is 0 Å². The number of non-ortho nitro benzene ring substituents is 1. The lowest BCUT2D eigenvalue weighted by Crippen LogP contribution is -2.50. The van der Waals surface area contributed by atoms with Gasteiger partial charge in [-0.05, 0) is 24.3 Å². The van der Waals surface area contributed by atoms with Gasteiger partial charge in [0.15, 0.2) is 0 Å². The maximum atomic E-state index is 10.9. The maximum Gasteiger partial charge on any atom is 0.269 e. The number of piperazine rings is 1. The number of rotatable bonds is 4. The average Bonchev–Trinajstić information content (AvgIpc) is 2.56. The minimum atomic E-state index is -0.314. The average molecular weight is 317 g/mol. The maximum absolute atomic E-state index is 10.9. The Balaban J connectivity index is 1.51. The normalized spacial score (nSPS) is 27.0. The Morgan fingerprint density at radius 3 is 2.70 bits per heavy atom. The highest BCUT2D eigenvalue weighted by molar-refractivity contribution is 5.34. The Kier molecular flexibility index (Phi) is 5.28.